The summed E-state index contributed by atoms with van der Waals surface area (Å²) in [4.78, 5) is 0. The average molecular weight is 726 g/mol. The number of fused-ring (bicyclic) bond motifs is 10. The second kappa shape index (κ2) is 12.5. The highest BCUT2D eigenvalue weighted by Gasteiger charge is 2.22. The third-order valence-electron chi connectivity index (χ3n) is 11.8. The SMILES string of the molecule is c1ccc(-n2c3ccccc3c3cc(-c4cccc(-c5ccc6c7ccc8c9ccccc9n(-c9ccccc9)c8c7n(-c7ccccc7)c6c5)c4)ccc32)cc1. The molecule has 3 nitrogen and oxygen atoms in total. The predicted molar refractivity (Wildman–Crippen MR) is 240 cm³/mol. The molecule has 0 aliphatic rings. The van der Waals surface area contributed by atoms with Gasteiger partial charge in [-0.15, -0.1) is 0 Å². The van der Waals surface area contributed by atoms with Crippen molar-refractivity contribution in [2.75, 3.05) is 0 Å². The normalized spacial score (nSPS) is 11.9. The number of para-hydroxylation sites is 5. The predicted octanol–water partition coefficient (Wildman–Crippen LogP) is 14.3. The van der Waals surface area contributed by atoms with Crippen LogP contribution in [0.1, 0.15) is 0 Å². The van der Waals surface area contributed by atoms with E-state index in [9.17, 15) is 0 Å². The summed E-state index contributed by atoms with van der Waals surface area (Å²) >= 11 is 0. The van der Waals surface area contributed by atoms with E-state index < -0.39 is 0 Å². The van der Waals surface area contributed by atoms with Gasteiger partial charge in [-0.3, -0.25) is 0 Å². The number of aromatic nitrogens is 3. The second-order valence-corrected chi connectivity index (χ2v) is 14.9. The first-order valence-corrected chi connectivity index (χ1v) is 19.6. The van der Waals surface area contributed by atoms with Gasteiger partial charge < -0.3 is 13.7 Å². The van der Waals surface area contributed by atoms with E-state index in [1.165, 1.54) is 93.4 Å². The first kappa shape index (κ1) is 31.7. The molecule has 0 radical (unpaired) electrons. The molecule has 3 heterocycles. The van der Waals surface area contributed by atoms with Crippen molar-refractivity contribution < 1.29 is 0 Å². The number of benzene rings is 9. The molecule has 0 aliphatic carbocycles. The van der Waals surface area contributed by atoms with Crippen molar-refractivity contribution in [3.8, 4) is 39.3 Å². The van der Waals surface area contributed by atoms with Crippen molar-refractivity contribution >= 4 is 65.4 Å². The second-order valence-electron chi connectivity index (χ2n) is 14.9. The van der Waals surface area contributed by atoms with Gasteiger partial charge in [0.2, 0.25) is 0 Å². The molecule has 0 unspecified atom stereocenters. The molecule has 12 rings (SSSR count). The number of rotatable bonds is 5. The summed E-state index contributed by atoms with van der Waals surface area (Å²) in [7, 11) is 0. The summed E-state index contributed by atoms with van der Waals surface area (Å²) in [5, 5.41) is 7.49. The van der Waals surface area contributed by atoms with Gasteiger partial charge in [0.15, 0.2) is 0 Å². The maximum atomic E-state index is 2.48. The Balaban J connectivity index is 1.07. The molecular formula is C54H35N3. The van der Waals surface area contributed by atoms with Gasteiger partial charge in [0.1, 0.15) is 0 Å². The Morgan fingerprint density at radius 3 is 1.23 bits per heavy atom. The van der Waals surface area contributed by atoms with Crippen LogP contribution < -0.4 is 0 Å². The smallest absolute Gasteiger partial charge is 0.0788 e. The molecule has 0 fully saturated rings. The molecule has 12 aromatic rings. The van der Waals surface area contributed by atoms with Crippen LogP contribution in [-0.2, 0) is 0 Å². The van der Waals surface area contributed by atoms with Crippen LogP contribution in [0.4, 0.5) is 0 Å². The van der Waals surface area contributed by atoms with Gasteiger partial charge >= 0.3 is 0 Å². The minimum Gasteiger partial charge on any atom is -0.309 e. The molecule has 9 aromatic carbocycles. The monoisotopic (exact) mass is 725 g/mol. The van der Waals surface area contributed by atoms with Gasteiger partial charge in [-0.25, -0.2) is 0 Å². The van der Waals surface area contributed by atoms with Gasteiger partial charge in [0.25, 0.3) is 0 Å². The molecule has 0 atom stereocenters. The molecule has 0 saturated heterocycles. The van der Waals surface area contributed by atoms with Crippen LogP contribution in [0.15, 0.2) is 212 Å². The lowest BCUT2D eigenvalue weighted by atomic mass is 9.97. The maximum absolute atomic E-state index is 2.48. The van der Waals surface area contributed by atoms with Crippen molar-refractivity contribution in [3.05, 3.63) is 212 Å². The highest BCUT2D eigenvalue weighted by Crippen LogP contribution is 2.43. The van der Waals surface area contributed by atoms with Gasteiger partial charge in [-0.05, 0) is 95.1 Å². The minimum atomic E-state index is 1.14. The highest BCUT2D eigenvalue weighted by atomic mass is 15.0. The average Bonchev–Trinajstić information content (AvgIpc) is 3.92. The molecular weight excluding hydrogens is 691 g/mol. The molecule has 0 amide bonds. The van der Waals surface area contributed by atoms with Crippen LogP contribution in [0.25, 0.3) is 105 Å². The summed E-state index contributed by atoms with van der Waals surface area (Å²) in [6.45, 7) is 0. The molecule has 0 N–H and O–H groups in total. The molecule has 0 spiro atoms. The fraction of sp³-hybridized carbons (Fsp3) is 0. The third-order valence-corrected chi connectivity index (χ3v) is 11.8. The van der Waals surface area contributed by atoms with Crippen molar-refractivity contribution in [1.29, 1.82) is 0 Å². The first-order chi connectivity index (χ1) is 28.3. The van der Waals surface area contributed by atoms with Crippen LogP contribution in [-0.4, -0.2) is 13.7 Å². The zero-order valence-electron chi connectivity index (χ0n) is 31.0. The van der Waals surface area contributed by atoms with Crippen molar-refractivity contribution in [3.63, 3.8) is 0 Å². The zero-order valence-corrected chi connectivity index (χ0v) is 31.0. The Morgan fingerprint density at radius 1 is 0.211 bits per heavy atom. The van der Waals surface area contributed by atoms with E-state index in [2.05, 4.69) is 226 Å². The Labute approximate surface area is 329 Å². The highest BCUT2D eigenvalue weighted by molar-refractivity contribution is 6.24. The van der Waals surface area contributed by atoms with E-state index in [4.69, 9.17) is 0 Å². The molecule has 0 aliphatic heterocycles. The van der Waals surface area contributed by atoms with E-state index in [0.29, 0.717) is 0 Å². The Morgan fingerprint density at radius 2 is 0.614 bits per heavy atom. The van der Waals surface area contributed by atoms with Crippen LogP contribution in [0.2, 0.25) is 0 Å². The van der Waals surface area contributed by atoms with Gasteiger partial charge in [-0.1, -0.05) is 140 Å². The standard InChI is InChI=1S/C54H35N3/c1-4-17-40(18-5-1)55-49-25-12-11-24-44(49)48-34-38(28-32-51(48)55)36-15-14-16-37(33-36)39-27-29-45-47-31-30-46-43-23-10-13-26-50(43)56(41-19-6-2-7-20-41)53(46)54(47)57(52(45)35-39)42-21-8-3-9-22-42/h1-35H. The van der Waals surface area contributed by atoms with E-state index in [-0.39, 0.29) is 0 Å². The largest absolute Gasteiger partial charge is 0.309 e. The molecule has 3 aromatic heterocycles. The van der Waals surface area contributed by atoms with Crippen LogP contribution in [0.3, 0.4) is 0 Å². The lowest BCUT2D eigenvalue weighted by molar-refractivity contribution is 1.15. The van der Waals surface area contributed by atoms with Crippen LogP contribution >= 0.6 is 0 Å². The topological polar surface area (TPSA) is 14.8 Å². The van der Waals surface area contributed by atoms with Crippen molar-refractivity contribution in [2.45, 2.75) is 0 Å². The summed E-state index contributed by atoms with van der Waals surface area (Å²) < 4.78 is 7.30. The fourth-order valence-electron chi connectivity index (χ4n) is 9.30. The Hall–Kier alpha value is -7.62. The summed E-state index contributed by atoms with van der Waals surface area (Å²) in [6, 6.07) is 77.4. The van der Waals surface area contributed by atoms with Crippen molar-refractivity contribution in [2.24, 2.45) is 0 Å². The maximum Gasteiger partial charge on any atom is 0.0788 e. The lowest BCUT2D eigenvalue weighted by Crippen LogP contribution is -1.98. The van der Waals surface area contributed by atoms with Gasteiger partial charge in [-0.2, -0.15) is 0 Å². The Kier molecular flexibility index (Phi) is 6.93. The fourth-order valence-corrected chi connectivity index (χ4v) is 9.30. The third kappa shape index (κ3) is 4.79. The summed E-state index contributed by atoms with van der Waals surface area (Å²) in [5.41, 5.74) is 15.5. The molecule has 266 valence electrons. The lowest BCUT2D eigenvalue weighted by Gasteiger charge is -2.13. The van der Waals surface area contributed by atoms with Gasteiger partial charge in [0, 0.05) is 49.4 Å². The summed E-state index contributed by atoms with van der Waals surface area (Å²) in [6.07, 6.45) is 0. The Bertz CT molecular complexity index is 3500. The zero-order chi connectivity index (χ0) is 37.5. The summed E-state index contributed by atoms with van der Waals surface area (Å²) in [5.74, 6) is 0. The molecule has 3 heteroatoms. The van der Waals surface area contributed by atoms with Crippen LogP contribution in [0.5, 0.6) is 0 Å². The quantitative estimate of drug-likeness (QED) is 0.168. The van der Waals surface area contributed by atoms with Gasteiger partial charge in [0.05, 0.1) is 33.1 Å². The number of nitrogens with zero attached hydrogens (tertiary/aromatic N) is 3. The van der Waals surface area contributed by atoms with E-state index in [1.54, 1.807) is 0 Å². The molecule has 57 heavy (non-hydrogen) atoms. The number of hydrogen-bond acceptors (Lipinski definition) is 0. The minimum absolute atomic E-state index is 1.14. The van der Waals surface area contributed by atoms with Crippen molar-refractivity contribution in [1.82, 2.24) is 13.7 Å². The van der Waals surface area contributed by atoms with E-state index >= 15 is 0 Å². The van der Waals surface area contributed by atoms with E-state index in [0.717, 1.165) is 11.4 Å². The first-order valence-electron chi connectivity index (χ1n) is 19.6. The number of hydrogen-bond donors (Lipinski definition) is 0. The molecule has 0 bridgehead atoms. The van der Waals surface area contributed by atoms with E-state index in [1.807, 2.05) is 0 Å². The molecule has 0 saturated carbocycles. The van der Waals surface area contributed by atoms with Crippen LogP contribution in [0, 0.1) is 0 Å².